The van der Waals surface area contributed by atoms with Crippen LogP contribution in [0.2, 0.25) is 0 Å². The van der Waals surface area contributed by atoms with Crippen molar-refractivity contribution in [1.82, 2.24) is 10.6 Å². The minimum Gasteiger partial charge on any atom is -0.394 e. The second-order valence-corrected chi connectivity index (χ2v) is 11.3. The van der Waals surface area contributed by atoms with Gasteiger partial charge in [-0.25, -0.2) is 0 Å². The number of nitrogens with two attached hydrogens (primary N) is 3. The number of aliphatic hydroxyl groups excluding tert-OH is 10. The summed E-state index contributed by atoms with van der Waals surface area (Å²) >= 11 is 0. The van der Waals surface area contributed by atoms with Crippen molar-refractivity contribution in [2.75, 3.05) is 32.8 Å². The minimum atomic E-state index is -1.83. The zero-order valence-electron chi connectivity index (χ0n) is 23.8. The standard InChI is InChI=1S/C24H47N5O15/c25-2-10(33)22(40)29-9-1-8(26)20(19(39)21(9)44-23-16(36)13(27)14(34)12(6-31)42-23)43-24-18(38)17(37)15(35)11(41-24)4-28-3-7(32)5-30/h7-21,23-24,28,30-39H,1-6,25-27H2,(H,29,40)/t7?,8-,9+,10-,11+,12+,13-,14+,15+,16+,17-,18+,19-,20?,21-,23+,24+/m0/s1. The van der Waals surface area contributed by atoms with Gasteiger partial charge in [-0.05, 0) is 6.42 Å². The Bertz CT molecular complexity index is 897. The van der Waals surface area contributed by atoms with E-state index in [1.165, 1.54) is 0 Å². The molecule has 20 heteroatoms. The number of carbonyl (C=O) groups excluding carboxylic acids is 1. The largest absolute Gasteiger partial charge is 0.394 e. The zero-order valence-corrected chi connectivity index (χ0v) is 23.8. The number of hydrogen-bond donors (Lipinski definition) is 15. The molecule has 18 N–H and O–H groups in total. The van der Waals surface area contributed by atoms with Gasteiger partial charge in [0, 0.05) is 25.7 Å². The molecule has 3 aliphatic rings. The van der Waals surface area contributed by atoms with E-state index >= 15 is 0 Å². The Morgan fingerprint density at radius 1 is 0.841 bits per heavy atom. The summed E-state index contributed by atoms with van der Waals surface area (Å²) in [7, 11) is 0. The molecule has 0 radical (unpaired) electrons. The second kappa shape index (κ2) is 16.5. The summed E-state index contributed by atoms with van der Waals surface area (Å²) in [6, 6.07) is -3.59. The van der Waals surface area contributed by atoms with Gasteiger partial charge in [0.1, 0.15) is 67.1 Å². The van der Waals surface area contributed by atoms with Crippen molar-refractivity contribution in [1.29, 1.82) is 0 Å². The number of rotatable bonds is 13. The average Bonchev–Trinajstić information content (AvgIpc) is 3.00. The molecule has 0 bridgehead atoms. The predicted octanol–water partition coefficient (Wildman–Crippen LogP) is -9.83. The maximum absolute atomic E-state index is 12.5. The zero-order chi connectivity index (χ0) is 32.9. The lowest BCUT2D eigenvalue weighted by molar-refractivity contribution is -0.333. The Balaban J connectivity index is 1.81. The lowest BCUT2D eigenvalue weighted by Gasteiger charge is -2.49. The maximum atomic E-state index is 12.5. The fourth-order valence-electron chi connectivity index (χ4n) is 5.32. The molecule has 0 aromatic rings. The predicted molar refractivity (Wildman–Crippen MR) is 144 cm³/mol. The van der Waals surface area contributed by atoms with Gasteiger partial charge >= 0.3 is 0 Å². The molecule has 20 nitrogen and oxygen atoms in total. The summed E-state index contributed by atoms with van der Waals surface area (Å²) in [4.78, 5) is 12.5. The third-order valence-electron chi connectivity index (χ3n) is 8.00. The van der Waals surface area contributed by atoms with E-state index < -0.39 is 130 Å². The van der Waals surface area contributed by atoms with Gasteiger partial charge in [0.25, 0.3) is 0 Å². The molecule has 0 aromatic carbocycles. The molecule has 3 fully saturated rings. The highest BCUT2D eigenvalue weighted by atomic mass is 16.7. The van der Waals surface area contributed by atoms with Crippen LogP contribution < -0.4 is 27.8 Å². The van der Waals surface area contributed by atoms with E-state index in [0.717, 1.165) is 0 Å². The highest BCUT2D eigenvalue weighted by molar-refractivity contribution is 5.81. The van der Waals surface area contributed by atoms with E-state index in [4.69, 9.17) is 41.3 Å². The third kappa shape index (κ3) is 8.56. The first-order valence-corrected chi connectivity index (χ1v) is 14.3. The Kier molecular flexibility index (Phi) is 14.0. The normalized spacial score (nSPS) is 44.6. The number of amides is 1. The molecule has 44 heavy (non-hydrogen) atoms. The number of hydrogen-bond acceptors (Lipinski definition) is 19. The fraction of sp³-hybridized carbons (Fsp3) is 0.958. The lowest BCUT2D eigenvalue weighted by Crippen LogP contribution is -2.69. The highest BCUT2D eigenvalue weighted by Crippen LogP contribution is 2.32. The van der Waals surface area contributed by atoms with Crippen LogP contribution in [0.25, 0.3) is 0 Å². The second-order valence-electron chi connectivity index (χ2n) is 11.3. The molecule has 2 aliphatic heterocycles. The van der Waals surface area contributed by atoms with Crippen molar-refractivity contribution in [3.8, 4) is 0 Å². The van der Waals surface area contributed by atoms with Gasteiger partial charge < -0.3 is 97.8 Å². The van der Waals surface area contributed by atoms with Crippen LogP contribution in [0.5, 0.6) is 0 Å². The van der Waals surface area contributed by atoms with E-state index in [0.29, 0.717) is 0 Å². The summed E-state index contributed by atoms with van der Waals surface area (Å²) in [5, 5.41) is 107. The molecule has 1 amide bonds. The summed E-state index contributed by atoms with van der Waals surface area (Å²) in [6.45, 7) is -1.90. The number of aliphatic hydroxyl groups is 10. The fourth-order valence-corrected chi connectivity index (χ4v) is 5.32. The van der Waals surface area contributed by atoms with E-state index in [-0.39, 0.29) is 19.5 Å². The Labute approximate surface area is 252 Å². The van der Waals surface area contributed by atoms with Crippen molar-refractivity contribution >= 4 is 5.91 Å². The van der Waals surface area contributed by atoms with Crippen molar-refractivity contribution < 1.29 is 74.8 Å². The molecule has 2 unspecified atom stereocenters. The van der Waals surface area contributed by atoms with E-state index in [2.05, 4.69) is 10.6 Å². The maximum Gasteiger partial charge on any atom is 0.250 e. The van der Waals surface area contributed by atoms with Crippen LogP contribution in [0.1, 0.15) is 6.42 Å². The molecule has 258 valence electrons. The quantitative estimate of drug-likeness (QED) is 0.0883. The first kappa shape index (κ1) is 37.2. The molecule has 1 saturated carbocycles. The van der Waals surface area contributed by atoms with Gasteiger partial charge in [0.05, 0.1) is 31.4 Å². The molecular formula is C24H47N5O15. The van der Waals surface area contributed by atoms with Crippen molar-refractivity contribution in [3.63, 3.8) is 0 Å². The minimum absolute atomic E-state index is 0.0860. The average molecular weight is 646 g/mol. The van der Waals surface area contributed by atoms with Crippen molar-refractivity contribution in [2.24, 2.45) is 17.2 Å². The Morgan fingerprint density at radius 2 is 1.45 bits per heavy atom. The number of nitrogens with one attached hydrogen (secondary N) is 2. The third-order valence-corrected chi connectivity index (χ3v) is 8.00. The van der Waals surface area contributed by atoms with Crippen LogP contribution in [-0.2, 0) is 23.7 Å². The van der Waals surface area contributed by atoms with Gasteiger partial charge in [-0.1, -0.05) is 0 Å². The van der Waals surface area contributed by atoms with Crippen LogP contribution in [0, 0.1) is 0 Å². The monoisotopic (exact) mass is 645 g/mol. The molecule has 0 spiro atoms. The SMILES string of the molecule is NC[C@H](O)C(=O)N[C@@H]1C[C@H](N)C(O[C@H]2O[C@H](CNCC(O)CO)[C@@H](O)[C@H](O)[C@H]2O)[C@H](O)[C@H]1O[C@H]1O[C@H](CO)[C@@H](O)[C@H](N)[C@H]1O. The lowest BCUT2D eigenvalue weighted by atomic mass is 9.83. The van der Waals surface area contributed by atoms with Gasteiger partial charge in [-0.2, -0.15) is 0 Å². The molecular weight excluding hydrogens is 598 g/mol. The van der Waals surface area contributed by atoms with Crippen LogP contribution in [-0.4, -0.2) is 194 Å². The van der Waals surface area contributed by atoms with Gasteiger partial charge in [0.15, 0.2) is 12.6 Å². The summed E-state index contributed by atoms with van der Waals surface area (Å²) in [6.07, 6.45) is -21.7. The van der Waals surface area contributed by atoms with Crippen LogP contribution in [0.3, 0.4) is 0 Å². The van der Waals surface area contributed by atoms with Crippen molar-refractivity contribution in [2.45, 2.75) is 110 Å². The van der Waals surface area contributed by atoms with Crippen molar-refractivity contribution in [3.05, 3.63) is 0 Å². The highest BCUT2D eigenvalue weighted by Gasteiger charge is 2.52. The van der Waals surface area contributed by atoms with Gasteiger partial charge in [-0.15, -0.1) is 0 Å². The molecule has 2 heterocycles. The molecule has 1 aliphatic carbocycles. The van der Waals surface area contributed by atoms with Crippen LogP contribution in [0.15, 0.2) is 0 Å². The van der Waals surface area contributed by atoms with E-state index in [1.54, 1.807) is 0 Å². The first-order valence-electron chi connectivity index (χ1n) is 14.3. The number of ether oxygens (including phenoxy) is 4. The summed E-state index contributed by atoms with van der Waals surface area (Å²) in [5.41, 5.74) is 17.5. The van der Waals surface area contributed by atoms with E-state index in [1.807, 2.05) is 0 Å². The topological polar surface area (TPSA) is 358 Å². The van der Waals surface area contributed by atoms with Crippen LogP contribution in [0.4, 0.5) is 0 Å². The summed E-state index contributed by atoms with van der Waals surface area (Å²) in [5.74, 6) is -0.930. The molecule has 17 atom stereocenters. The molecule has 2 saturated heterocycles. The Morgan fingerprint density at radius 3 is 2.07 bits per heavy atom. The molecule has 0 aromatic heterocycles. The van der Waals surface area contributed by atoms with E-state index in [9.17, 15) is 50.8 Å². The Hall–Kier alpha value is -1.25. The smallest absolute Gasteiger partial charge is 0.250 e. The van der Waals surface area contributed by atoms with Gasteiger partial charge in [-0.3, -0.25) is 4.79 Å². The van der Waals surface area contributed by atoms with Gasteiger partial charge in [0.2, 0.25) is 5.91 Å². The van der Waals surface area contributed by atoms with Crippen LogP contribution >= 0.6 is 0 Å². The number of carbonyl (C=O) groups is 1. The first-order chi connectivity index (χ1) is 20.7. The summed E-state index contributed by atoms with van der Waals surface area (Å²) < 4.78 is 22.7. The molecule has 3 rings (SSSR count).